The Hall–Kier alpha value is -3.68. The molecule has 56 heavy (non-hydrogen) atoms. The second kappa shape index (κ2) is 20.1. The Kier molecular flexibility index (Phi) is 16.8. The zero-order chi connectivity index (χ0) is 42.1. The van der Waals surface area contributed by atoms with Crippen molar-refractivity contribution in [3.63, 3.8) is 0 Å². The first kappa shape index (κ1) is 46.7. The molecule has 0 amide bonds. The van der Waals surface area contributed by atoms with Gasteiger partial charge in [0.05, 0.1) is 0 Å². The second-order valence-corrected chi connectivity index (χ2v) is 21.6. The van der Waals surface area contributed by atoms with Crippen LogP contribution in [0.2, 0.25) is 0 Å². The molecule has 0 unspecified atom stereocenters. The van der Waals surface area contributed by atoms with Crippen LogP contribution in [0.1, 0.15) is 129 Å². The molecule has 0 saturated heterocycles. The number of hydrogen-bond acceptors (Lipinski definition) is 14. The van der Waals surface area contributed by atoms with Gasteiger partial charge in [0.1, 0.15) is 0 Å². The summed E-state index contributed by atoms with van der Waals surface area (Å²) in [7, 11) is 3.16. The van der Waals surface area contributed by atoms with Crippen LogP contribution in [0.15, 0.2) is 24.3 Å². The number of halogens is 2. The van der Waals surface area contributed by atoms with Crippen LogP contribution in [0.3, 0.4) is 0 Å². The van der Waals surface area contributed by atoms with Crippen molar-refractivity contribution in [2.75, 3.05) is 14.2 Å². The van der Waals surface area contributed by atoms with Crippen molar-refractivity contribution in [3.05, 3.63) is 53.7 Å². The summed E-state index contributed by atoms with van der Waals surface area (Å²) in [5, 5.41) is 0. The van der Waals surface area contributed by atoms with E-state index in [0.29, 0.717) is 31.5 Å². The van der Waals surface area contributed by atoms with Crippen molar-refractivity contribution >= 4 is 77.1 Å². The van der Waals surface area contributed by atoms with E-state index >= 15 is 0 Å². The number of methoxy groups -OCH3 is 2. The number of carbonyl (C=O) groups is 6. The van der Waals surface area contributed by atoms with Gasteiger partial charge in [0.2, 0.25) is 0 Å². The normalized spacial score (nSPS) is 16.5. The fourth-order valence-electron chi connectivity index (χ4n) is 5.75. The van der Waals surface area contributed by atoms with Gasteiger partial charge in [0, 0.05) is 0 Å². The van der Waals surface area contributed by atoms with Gasteiger partial charge >= 0.3 is 347 Å². The maximum absolute atomic E-state index is 12.5. The van der Waals surface area contributed by atoms with Gasteiger partial charge in [-0.3, -0.25) is 0 Å². The molecule has 0 radical (unpaired) electrons. The van der Waals surface area contributed by atoms with E-state index in [4.69, 9.17) is 31.2 Å². The quantitative estimate of drug-likeness (QED) is 0.163. The van der Waals surface area contributed by atoms with Crippen molar-refractivity contribution in [1.82, 2.24) is 0 Å². The molecular weight excluding hydrogens is 958 g/mol. The van der Waals surface area contributed by atoms with E-state index in [0.717, 1.165) is 47.9 Å². The second-order valence-electron chi connectivity index (χ2n) is 15.1. The molecule has 0 spiro atoms. The number of rotatable bonds is 10. The van der Waals surface area contributed by atoms with E-state index in [1.165, 1.54) is 27.7 Å². The van der Waals surface area contributed by atoms with E-state index in [-0.39, 0.29) is 11.9 Å². The van der Waals surface area contributed by atoms with Gasteiger partial charge in [-0.25, -0.2) is 0 Å². The van der Waals surface area contributed by atoms with Gasteiger partial charge < -0.3 is 0 Å². The monoisotopic (exact) mass is 1010 g/mol. The molecule has 0 aromatic heterocycles. The number of benzene rings is 2. The molecule has 4 rings (SSSR count). The van der Waals surface area contributed by atoms with Crippen LogP contribution in [0, 0.1) is 18.0 Å². The first-order valence-electron chi connectivity index (χ1n) is 18.1. The first-order chi connectivity index (χ1) is 26.1. The van der Waals surface area contributed by atoms with Crippen LogP contribution in [0.4, 0.5) is 0 Å². The molecule has 2 aliphatic carbocycles. The maximum atomic E-state index is 12.5. The zero-order valence-corrected chi connectivity index (χ0v) is 38.5. The van der Waals surface area contributed by atoms with Crippen molar-refractivity contribution in [3.8, 4) is 11.5 Å². The van der Waals surface area contributed by atoms with Crippen LogP contribution in [0.5, 0.6) is 11.5 Å². The third-order valence-electron chi connectivity index (χ3n) is 8.16. The summed E-state index contributed by atoms with van der Waals surface area (Å²) in [5.41, 5.74) is 1.99. The minimum absolute atomic E-state index is 0.320. The Labute approximate surface area is 345 Å². The molecule has 2 aromatic rings. The average Bonchev–Trinajstić information content (AvgIpc) is 3.09. The predicted molar refractivity (Wildman–Crippen MR) is 221 cm³/mol. The number of hydrogen-bond donors (Lipinski definition) is 0. The van der Waals surface area contributed by atoms with E-state index in [1.807, 2.05) is 0 Å². The molecular formula is C40H54I2O14. The number of fused-ring (bicyclic) bond motifs is 2. The van der Waals surface area contributed by atoms with E-state index < -0.39 is 88.2 Å². The fourth-order valence-corrected chi connectivity index (χ4v) is 12.4. The van der Waals surface area contributed by atoms with Crippen LogP contribution in [-0.2, 0) is 63.3 Å². The molecule has 2 atom stereocenters. The molecule has 14 nitrogen and oxygen atoms in total. The number of ether oxygens (including phenoxy) is 4. The Morgan fingerprint density at radius 1 is 0.536 bits per heavy atom. The molecule has 312 valence electrons. The predicted octanol–water partition coefficient (Wildman–Crippen LogP) is 8.59. The Balaban J connectivity index is 0.000000300. The van der Waals surface area contributed by atoms with E-state index in [2.05, 4.69) is 0 Å². The molecule has 0 N–H and O–H groups in total. The van der Waals surface area contributed by atoms with Crippen molar-refractivity contribution in [2.24, 2.45) is 10.8 Å². The Bertz CT molecular complexity index is 1630. The van der Waals surface area contributed by atoms with Gasteiger partial charge in [-0.2, -0.15) is 0 Å². The molecule has 16 heteroatoms. The Morgan fingerprint density at radius 3 is 1.09 bits per heavy atom. The molecule has 0 saturated carbocycles. The fraction of sp³-hybridized carbons (Fsp3) is 0.550. The molecule has 0 bridgehead atoms. The van der Waals surface area contributed by atoms with Gasteiger partial charge in [-0.1, -0.05) is 0 Å². The minimum atomic E-state index is -3.09. The number of esters is 2. The molecule has 0 aliphatic heterocycles. The van der Waals surface area contributed by atoms with Gasteiger partial charge in [-0.05, 0) is 0 Å². The van der Waals surface area contributed by atoms with Crippen molar-refractivity contribution in [2.45, 2.75) is 120 Å². The van der Waals surface area contributed by atoms with Crippen molar-refractivity contribution in [1.29, 1.82) is 0 Å². The zero-order valence-electron chi connectivity index (χ0n) is 34.2. The average molecular weight is 1010 g/mol. The third kappa shape index (κ3) is 12.7. The summed E-state index contributed by atoms with van der Waals surface area (Å²) in [6, 6.07) is 7.05. The summed E-state index contributed by atoms with van der Waals surface area (Å²) < 4.78 is 45.5. The molecule has 2 aromatic carbocycles. The van der Waals surface area contributed by atoms with Gasteiger partial charge in [0.15, 0.2) is 0 Å². The number of carbonyl (C=O) groups excluding carboxylic acids is 6. The Morgan fingerprint density at radius 2 is 0.839 bits per heavy atom. The van der Waals surface area contributed by atoms with E-state index in [1.54, 1.807) is 80.0 Å². The van der Waals surface area contributed by atoms with Crippen LogP contribution < -0.4 is 9.47 Å². The molecule has 2 aliphatic rings. The summed E-state index contributed by atoms with van der Waals surface area (Å²) in [6.07, 6.45) is 3.38. The van der Waals surface area contributed by atoms with E-state index in [9.17, 15) is 28.8 Å². The van der Waals surface area contributed by atoms with Gasteiger partial charge in [0.25, 0.3) is 0 Å². The summed E-state index contributed by atoms with van der Waals surface area (Å²) in [5.74, 6) is -1.36. The first-order valence-corrected chi connectivity index (χ1v) is 23.7. The van der Waals surface area contributed by atoms with Gasteiger partial charge in [-0.15, -0.1) is 0 Å². The molecule has 0 heterocycles. The standard InChI is InChI=1S/2C20H27IO7/c2*1-12(22)27-21(28-13(2)23)15-10-11-16(25-6)14-8-7-9-17(18(14)15)26-19(24)20(3,4)5/h2*10-11,17H,7-9H2,1-6H3/t2*17-/m11/s1. The molecule has 0 fully saturated rings. The summed E-state index contributed by atoms with van der Waals surface area (Å²) in [4.78, 5) is 71.5. The van der Waals surface area contributed by atoms with Crippen molar-refractivity contribution < 1.29 is 60.0 Å². The van der Waals surface area contributed by atoms with Crippen LogP contribution in [0.25, 0.3) is 0 Å². The topological polar surface area (TPSA) is 176 Å². The SMILES string of the molecule is COc1ccc(I(OC(C)=O)OC(C)=O)c2c1CCC[C@H]2OC(=O)C(C)(C)C.COc1ccc(I(OC(C)=O)OC(C)=O)c2c1CCC[C@H]2OC(=O)C(C)(C)C. The summed E-state index contributed by atoms with van der Waals surface area (Å²) >= 11 is -6.18. The summed E-state index contributed by atoms with van der Waals surface area (Å²) in [6.45, 7) is 15.9. The van der Waals surface area contributed by atoms with Crippen LogP contribution >= 0.6 is 41.3 Å². The third-order valence-corrected chi connectivity index (χ3v) is 16.0. The van der Waals surface area contributed by atoms with Crippen LogP contribution in [-0.4, -0.2) is 50.0 Å².